The summed E-state index contributed by atoms with van der Waals surface area (Å²) >= 11 is 11.0. The minimum atomic E-state index is 0.273. The van der Waals surface area contributed by atoms with E-state index in [9.17, 15) is 0 Å². The van der Waals surface area contributed by atoms with E-state index in [1.165, 1.54) is 0 Å². The number of anilines is 1. The van der Waals surface area contributed by atoms with Crippen LogP contribution in [0, 0.1) is 0 Å². The van der Waals surface area contributed by atoms with Crippen LogP contribution in [0.2, 0.25) is 5.02 Å². The number of ether oxygens (including phenoxy) is 2. The van der Waals surface area contributed by atoms with Crippen LogP contribution < -0.4 is 20.5 Å². The predicted octanol–water partition coefficient (Wildman–Crippen LogP) is 3.32. The molecule has 0 bridgehead atoms. The van der Waals surface area contributed by atoms with E-state index in [1.807, 2.05) is 24.3 Å². The number of fused-ring (bicyclic) bond motifs is 1. The van der Waals surface area contributed by atoms with Crippen LogP contribution in [0.3, 0.4) is 0 Å². The first-order valence-corrected chi connectivity index (χ1v) is 7.14. The number of nitrogens with two attached hydrogens (primary N) is 1. The quantitative estimate of drug-likeness (QED) is 0.846. The Balaban J connectivity index is 1.77. The van der Waals surface area contributed by atoms with Crippen LogP contribution in [0.4, 0.5) is 5.69 Å². The Morgan fingerprint density at radius 2 is 2.00 bits per heavy atom. The molecule has 0 saturated heterocycles. The molecule has 1 aliphatic heterocycles. The van der Waals surface area contributed by atoms with Crippen LogP contribution in [0.25, 0.3) is 0 Å². The Bertz CT molecular complexity index is 706. The standard InChI is InChI=1S/C15H13ClN2O2S/c16-10-2-3-12(11(6-10)15(17)21)18-7-9-1-4-13-14(5-9)20-8-19-13/h1-6,18H,7-8H2,(H2,17,21). The second-order valence-electron chi connectivity index (χ2n) is 4.60. The number of hydrogen-bond acceptors (Lipinski definition) is 4. The molecule has 21 heavy (non-hydrogen) atoms. The monoisotopic (exact) mass is 320 g/mol. The minimum absolute atomic E-state index is 0.273. The maximum Gasteiger partial charge on any atom is 0.231 e. The first-order valence-electron chi connectivity index (χ1n) is 6.35. The third-order valence-electron chi connectivity index (χ3n) is 3.17. The van der Waals surface area contributed by atoms with Gasteiger partial charge < -0.3 is 20.5 Å². The first kappa shape index (κ1) is 14.0. The molecule has 3 N–H and O–H groups in total. The van der Waals surface area contributed by atoms with Gasteiger partial charge in [-0.15, -0.1) is 0 Å². The molecule has 4 nitrogen and oxygen atoms in total. The fraction of sp³-hybridized carbons (Fsp3) is 0.133. The highest BCUT2D eigenvalue weighted by atomic mass is 35.5. The van der Waals surface area contributed by atoms with Gasteiger partial charge in [0.1, 0.15) is 4.99 Å². The summed E-state index contributed by atoms with van der Waals surface area (Å²) in [6.07, 6.45) is 0. The zero-order valence-corrected chi connectivity index (χ0v) is 12.6. The van der Waals surface area contributed by atoms with Crippen molar-refractivity contribution in [3.63, 3.8) is 0 Å². The molecule has 0 aromatic heterocycles. The van der Waals surface area contributed by atoms with Gasteiger partial charge in [-0.1, -0.05) is 29.9 Å². The van der Waals surface area contributed by atoms with Crippen LogP contribution in [0.15, 0.2) is 36.4 Å². The van der Waals surface area contributed by atoms with E-state index < -0.39 is 0 Å². The average molecular weight is 321 g/mol. The number of halogens is 1. The third kappa shape index (κ3) is 3.04. The van der Waals surface area contributed by atoms with Crippen molar-refractivity contribution in [3.8, 4) is 11.5 Å². The van der Waals surface area contributed by atoms with Crippen molar-refractivity contribution in [2.75, 3.05) is 12.1 Å². The normalized spacial score (nSPS) is 12.2. The molecular formula is C15H13ClN2O2S. The van der Waals surface area contributed by atoms with Crippen molar-refractivity contribution >= 4 is 34.5 Å². The first-order chi connectivity index (χ1) is 10.1. The largest absolute Gasteiger partial charge is 0.454 e. The van der Waals surface area contributed by atoms with Gasteiger partial charge >= 0.3 is 0 Å². The smallest absolute Gasteiger partial charge is 0.231 e. The molecule has 0 amide bonds. The van der Waals surface area contributed by atoms with E-state index in [-0.39, 0.29) is 6.79 Å². The average Bonchev–Trinajstić information content (AvgIpc) is 2.93. The highest BCUT2D eigenvalue weighted by molar-refractivity contribution is 7.80. The minimum Gasteiger partial charge on any atom is -0.454 e. The third-order valence-corrected chi connectivity index (χ3v) is 3.62. The van der Waals surface area contributed by atoms with Gasteiger partial charge in [0.05, 0.1) is 0 Å². The maximum absolute atomic E-state index is 5.97. The second kappa shape index (κ2) is 5.79. The summed E-state index contributed by atoms with van der Waals surface area (Å²) in [6.45, 7) is 0.892. The molecule has 0 aliphatic carbocycles. The molecule has 0 fully saturated rings. The summed E-state index contributed by atoms with van der Waals surface area (Å²) in [5, 5.41) is 3.91. The Morgan fingerprint density at radius 3 is 2.81 bits per heavy atom. The molecule has 0 unspecified atom stereocenters. The lowest BCUT2D eigenvalue weighted by Gasteiger charge is -2.12. The van der Waals surface area contributed by atoms with Crippen molar-refractivity contribution < 1.29 is 9.47 Å². The molecule has 1 heterocycles. The van der Waals surface area contributed by atoms with Gasteiger partial charge in [-0.2, -0.15) is 0 Å². The van der Waals surface area contributed by atoms with Crippen LogP contribution in [-0.4, -0.2) is 11.8 Å². The van der Waals surface area contributed by atoms with Crippen LogP contribution in [-0.2, 0) is 6.54 Å². The van der Waals surface area contributed by atoms with E-state index in [0.717, 1.165) is 28.3 Å². The number of thiocarbonyl (C=S) groups is 1. The SMILES string of the molecule is NC(=S)c1cc(Cl)ccc1NCc1ccc2c(c1)OCO2. The van der Waals surface area contributed by atoms with Gasteiger partial charge in [0.15, 0.2) is 11.5 Å². The van der Waals surface area contributed by atoms with Crippen molar-refractivity contribution in [1.82, 2.24) is 0 Å². The Labute approximate surface area is 132 Å². The van der Waals surface area contributed by atoms with Crippen LogP contribution in [0.5, 0.6) is 11.5 Å². The number of nitrogens with one attached hydrogen (secondary N) is 1. The molecule has 2 aromatic rings. The molecule has 0 radical (unpaired) electrons. The predicted molar refractivity (Wildman–Crippen MR) is 87.2 cm³/mol. The second-order valence-corrected chi connectivity index (χ2v) is 5.47. The van der Waals surface area contributed by atoms with Crippen LogP contribution in [0.1, 0.15) is 11.1 Å². The van der Waals surface area contributed by atoms with Crippen molar-refractivity contribution in [3.05, 3.63) is 52.5 Å². The summed E-state index contributed by atoms with van der Waals surface area (Å²) in [7, 11) is 0. The molecule has 3 rings (SSSR count). The van der Waals surface area contributed by atoms with E-state index in [2.05, 4.69) is 5.32 Å². The molecular weight excluding hydrogens is 308 g/mol. The molecule has 108 valence electrons. The summed E-state index contributed by atoms with van der Waals surface area (Å²) < 4.78 is 10.6. The van der Waals surface area contributed by atoms with Gasteiger partial charge in [0.2, 0.25) is 6.79 Å². The van der Waals surface area contributed by atoms with Crippen molar-refractivity contribution in [2.24, 2.45) is 5.73 Å². The van der Waals surface area contributed by atoms with Gasteiger partial charge in [0.25, 0.3) is 0 Å². The van der Waals surface area contributed by atoms with Gasteiger partial charge in [-0.3, -0.25) is 0 Å². The molecule has 6 heteroatoms. The Kier molecular flexibility index (Phi) is 3.86. The van der Waals surface area contributed by atoms with Crippen molar-refractivity contribution in [1.29, 1.82) is 0 Å². The zero-order chi connectivity index (χ0) is 14.8. The lowest BCUT2D eigenvalue weighted by Crippen LogP contribution is -2.13. The van der Waals surface area contributed by atoms with E-state index in [0.29, 0.717) is 16.6 Å². The lowest BCUT2D eigenvalue weighted by atomic mass is 10.1. The van der Waals surface area contributed by atoms with Gasteiger partial charge in [-0.05, 0) is 35.9 Å². The molecule has 2 aromatic carbocycles. The van der Waals surface area contributed by atoms with Crippen LogP contribution >= 0.6 is 23.8 Å². The highest BCUT2D eigenvalue weighted by Gasteiger charge is 2.13. The Hall–Kier alpha value is -1.98. The number of rotatable bonds is 4. The van der Waals surface area contributed by atoms with E-state index in [4.69, 9.17) is 39.0 Å². The van der Waals surface area contributed by atoms with Gasteiger partial charge in [0, 0.05) is 22.8 Å². The lowest BCUT2D eigenvalue weighted by molar-refractivity contribution is 0.174. The fourth-order valence-corrected chi connectivity index (χ4v) is 2.46. The van der Waals surface area contributed by atoms with E-state index in [1.54, 1.807) is 12.1 Å². The fourth-order valence-electron chi connectivity index (χ4n) is 2.12. The molecule has 0 saturated carbocycles. The summed E-state index contributed by atoms with van der Waals surface area (Å²) in [4.78, 5) is 0.311. The molecule has 0 atom stereocenters. The molecule has 0 spiro atoms. The summed E-state index contributed by atoms with van der Waals surface area (Å²) in [6, 6.07) is 11.2. The maximum atomic E-state index is 5.97. The molecule has 1 aliphatic rings. The summed E-state index contributed by atoms with van der Waals surface area (Å²) in [5.74, 6) is 1.54. The number of hydrogen-bond donors (Lipinski definition) is 2. The van der Waals surface area contributed by atoms with Gasteiger partial charge in [-0.25, -0.2) is 0 Å². The van der Waals surface area contributed by atoms with E-state index >= 15 is 0 Å². The highest BCUT2D eigenvalue weighted by Crippen LogP contribution is 2.32. The van der Waals surface area contributed by atoms with Crippen molar-refractivity contribution in [2.45, 2.75) is 6.54 Å². The zero-order valence-electron chi connectivity index (χ0n) is 11.1. The summed E-state index contributed by atoms with van der Waals surface area (Å²) in [5.41, 5.74) is 8.38. The topological polar surface area (TPSA) is 56.5 Å². The Morgan fingerprint density at radius 1 is 1.19 bits per heavy atom. The number of benzene rings is 2.